The Balaban J connectivity index is 1.69. The zero-order chi connectivity index (χ0) is 21.2. The molecule has 2 aromatic rings. The van der Waals surface area contributed by atoms with Gasteiger partial charge in [0.1, 0.15) is 0 Å². The van der Waals surface area contributed by atoms with Crippen molar-refractivity contribution in [3.63, 3.8) is 0 Å². The van der Waals surface area contributed by atoms with Crippen LogP contribution in [0.15, 0.2) is 47.4 Å². The van der Waals surface area contributed by atoms with Gasteiger partial charge in [0.25, 0.3) is 0 Å². The van der Waals surface area contributed by atoms with E-state index in [0.717, 1.165) is 16.8 Å². The van der Waals surface area contributed by atoms with Crippen LogP contribution in [0, 0.1) is 19.8 Å². The Labute approximate surface area is 171 Å². The van der Waals surface area contributed by atoms with Crippen molar-refractivity contribution in [2.45, 2.75) is 31.6 Å². The number of amides is 2. The van der Waals surface area contributed by atoms with Gasteiger partial charge in [-0.1, -0.05) is 24.3 Å². The van der Waals surface area contributed by atoms with Crippen molar-refractivity contribution in [2.75, 3.05) is 18.4 Å². The van der Waals surface area contributed by atoms with Gasteiger partial charge in [-0.05, 0) is 56.0 Å². The Morgan fingerprint density at radius 2 is 1.69 bits per heavy atom. The van der Waals surface area contributed by atoms with E-state index < -0.39 is 15.9 Å². The van der Waals surface area contributed by atoms with E-state index in [-0.39, 0.29) is 35.4 Å². The number of piperidine rings is 1. The summed E-state index contributed by atoms with van der Waals surface area (Å²) in [6, 6.07) is 11.7. The van der Waals surface area contributed by atoms with E-state index in [1.807, 2.05) is 32.0 Å². The second-order valence-electron chi connectivity index (χ2n) is 7.28. The van der Waals surface area contributed by atoms with Gasteiger partial charge < -0.3 is 11.1 Å². The summed E-state index contributed by atoms with van der Waals surface area (Å²) >= 11 is 0. The maximum Gasteiger partial charge on any atom is 0.250 e. The molecule has 1 aliphatic heterocycles. The van der Waals surface area contributed by atoms with Crippen molar-refractivity contribution in [2.24, 2.45) is 11.7 Å². The molecule has 1 saturated heterocycles. The Bertz CT molecular complexity index is 1040. The van der Waals surface area contributed by atoms with Crippen LogP contribution in [-0.4, -0.2) is 37.6 Å². The molecular formula is C21H25N3O4S. The van der Waals surface area contributed by atoms with Crippen molar-refractivity contribution >= 4 is 27.5 Å². The second kappa shape index (κ2) is 8.34. The summed E-state index contributed by atoms with van der Waals surface area (Å²) in [7, 11) is -3.86. The number of carbonyl (C=O) groups is 2. The fourth-order valence-electron chi connectivity index (χ4n) is 3.51. The number of nitrogens with zero attached hydrogens (tertiary/aromatic N) is 1. The van der Waals surface area contributed by atoms with Crippen molar-refractivity contribution in [3.05, 3.63) is 59.2 Å². The summed E-state index contributed by atoms with van der Waals surface area (Å²) in [6.07, 6.45) is 0.823. The number of carbonyl (C=O) groups excluding carboxylic acids is 2. The molecule has 0 atom stereocenters. The van der Waals surface area contributed by atoms with Gasteiger partial charge >= 0.3 is 0 Å². The monoisotopic (exact) mass is 415 g/mol. The van der Waals surface area contributed by atoms with Crippen molar-refractivity contribution in [1.82, 2.24) is 4.31 Å². The highest BCUT2D eigenvalue weighted by molar-refractivity contribution is 7.89. The first-order valence-corrected chi connectivity index (χ1v) is 10.9. The van der Waals surface area contributed by atoms with Crippen molar-refractivity contribution in [3.8, 4) is 0 Å². The van der Waals surface area contributed by atoms with E-state index in [4.69, 9.17) is 5.73 Å². The summed E-state index contributed by atoms with van der Waals surface area (Å²) < 4.78 is 27.3. The average molecular weight is 416 g/mol. The maximum atomic E-state index is 13.0. The molecular weight excluding hydrogens is 390 g/mol. The molecule has 2 amide bonds. The smallest absolute Gasteiger partial charge is 0.250 e. The predicted molar refractivity (Wildman–Crippen MR) is 111 cm³/mol. The van der Waals surface area contributed by atoms with E-state index in [1.54, 1.807) is 12.1 Å². The van der Waals surface area contributed by atoms with Crippen LogP contribution in [0.25, 0.3) is 0 Å². The third-order valence-corrected chi connectivity index (χ3v) is 7.41. The van der Waals surface area contributed by atoms with Crippen LogP contribution in [0.4, 0.5) is 5.69 Å². The van der Waals surface area contributed by atoms with Gasteiger partial charge in [0.15, 0.2) is 0 Å². The molecule has 0 aliphatic carbocycles. The third kappa shape index (κ3) is 4.33. The summed E-state index contributed by atoms with van der Waals surface area (Å²) in [5, 5.41) is 2.96. The fourth-order valence-corrected chi connectivity index (χ4v) is 5.18. The van der Waals surface area contributed by atoms with Gasteiger partial charge in [-0.15, -0.1) is 0 Å². The highest BCUT2D eigenvalue weighted by atomic mass is 32.2. The molecule has 0 aromatic heterocycles. The maximum absolute atomic E-state index is 13.0. The molecule has 7 nitrogen and oxygen atoms in total. The lowest BCUT2D eigenvalue weighted by Gasteiger charge is -2.31. The van der Waals surface area contributed by atoms with E-state index in [2.05, 4.69) is 5.32 Å². The summed E-state index contributed by atoms with van der Waals surface area (Å²) in [5.41, 5.74) is 8.19. The SMILES string of the molecule is Cc1cccc(NC(=O)C2CCN(S(=O)(=O)c3ccccc3C(N)=O)CC2)c1C. The number of hydrogen-bond acceptors (Lipinski definition) is 4. The minimum absolute atomic E-state index is 0.0257. The number of sulfonamides is 1. The lowest BCUT2D eigenvalue weighted by molar-refractivity contribution is -0.120. The molecule has 0 radical (unpaired) electrons. The van der Waals surface area contributed by atoms with Crippen LogP contribution in [0.3, 0.4) is 0 Å². The van der Waals surface area contributed by atoms with Crippen molar-refractivity contribution in [1.29, 1.82) is 0 Å². The molecule has 154 valence electrons. The Hall–Kier alpha value is -2.71. The molecule has 2 aromatic carbocycles. The van der Waals surface area contributed by atoms with Gasteiger partial charge in [0.05, 0.1) is 10.5 Å². The first-order chi connectivity index (χ1) is 13.7. The van der Waals surface area contributed by atoms with Crippen LogP contribution in [0.5, 0.6) is 0 Å². The van der Waals surface area contributed by atoms with Gasteiger partial charge in [-0.2, -0.15) is 4.31 Å². The molecule has 3 rings (SSSR count). The van der Waals surface area contributed by atoms with Crippen LogP contribution in [0.2, 0.25) is 0 Å². The predicted octanol–water partition coefficient (Wildman–Crippen LogP) is 2.44. The lowest BCUT2D eigenvalue weighted by atomic mass is 9.97. The number of rotatable bonds is 5. The third-order valence-electron chi connectivity index (χ3n) is 5.46. The quantitative estimate of drug-likeness (QED) is 0.781. The number of hydrogen-bond donors (Lipinski definition) is 2. The van der Waals surface area contributed by atoms with Gasteiger partial charge in [0.2, 0.25) is 21.8 Å². The van der Waals surface area contributed by atoms with Crippen LogP contribution >= 0.6 is 0 Å². The molecule has 0 saturated carbocycles. The highest BCUT2D eigenvalue weighted by Gasteiger charge is 2.34. The molecule has 1 aliphatic rings. The Kier molecular flexibility index (Phi) is 6.04. The number of primary amides is 1. The minimum Gasteiger partial charge on any atom is -0.366 e. The standard InChI is InChI=1S/C21H25N3O4S/c1-14-6-5-8-18(15(14)2)23-21(26)16-10-12-24(13-11-16)29(27,28)19-9-4-3-7-17(19)20(22)25/h3-9,16H,10-13H2,1-2H3,(H2,22,25)(H,23,26). The zero-order valence-corrected chi connectivity index (χ0v) is 17.3. The molecule has 1 heterocycles. The number of nitrogens with two attached hydrogens (primary N) is 1. The normalized spacial score (nSPS) is 15.8. The summed E-state index contributed by atoms with van der Waals surface area (Å²) in [4.78, 5) is 24.2. The summed E-state index contributed by atoms with van der Waals surface area (Å²) in [6.45, 7) is 4.36. The van der Waals surface area contributed by atoms with Gasteiger partial charge in [-0.25, -0.2) is 8.42 Å². The Morgan fingerprint density at radius 3 is 2.34 bits per heavy atom. The number of nitrogens with one attached hydrogen (secondary N) is 1. The van der Waals surface area contributed by atoms with E-state index >= 15 is 0 Å². The lowest BCUT2D eigenvalue weighted by Crippen LogP contribution is -2.42. The largest absolute Gasteiger partial charge is 0.366 e. The number of aryl methyl sites for hydroxylation is 1. The summed E-state index contributed by atoms with van der Waals surface area (Å²) in [5.74, 6) is -1.16. The Morgan fingerprint density at radius 1 is 1.03 bits per heavy atom. The number of benzene rings is 2. The molecule has 29 heavy (non-hydrogen) atoms. The van der Waals surface area contributed by atoms with E-state index in [1.165, 1.54) is 16.4 Å². The van der Waals surface area contributed by atoms with E-state index in [0.29, 0.717) is 12.8 Å². The minimum atomic E-state index is -3.86. The molecule has 3 N–H and O–H groups in total. The zero-order valence-electron chi connectivity index (χ0n) is 16.5. The average Bonchev–Trinajstić information content (AvgIpc) is 2.71. The molecule has 1 fully saturated rings. The molecule has 0 spiro atoms. The number of anilines is 1. The van der Waals surface area contributed by atoms with Crippen LogP contribution in [-0.2, 0) is 14.8 Å². The second-order valence-corrected chi connectivity index (χ2v) is 9.18. The van der Waals surface area contributed by atoms with Gasteiger partial charge in [0, 0.05) is 24.7 Å². The van der Waals surface area contributed by atoms with Crippen molar-refractivity contribution < 1.29 is 18.0 Å². The first-order valence-electron chi connectivity index (χ1n) is 9.48. The first kappa shape index (κ1) is 21.0. The molecule has 0 unspecified atom stereocenters. The van der Waals surface area contributed by atoms with Crippen LogP contribution < -0.4 is 11.1 Å². The van der Waals surface area contributed by atoms with Crippen LogP contribution in [0.1, 0.15) is 34.3 Å². The van der Waals surface area contributed by atoms with Gasteiger partial charge in [-0.3, -0.25) is 9.59 Å². The fraction of sp³-hybridized carbons (Fsp3) is 0.333. The van der Waals surface area contributed by atoms with E-state index in [9.17, 15) is 18.0 Å². The molecule has 0 bridgehead atoms. The topological polar surface area (TPSA) is 110 Å². The molecule has 8 heteroatoms. The highest BCUT2D eigenvalue weighted by Crippen LogP contribution is 2.27.